The molecule has 0 aliphatic heterocycles. The minimum absolute atomic E-state index is 0.291. The normalized spacial score (nSPS) is 10.9. The van der Waals surface area contributed by atoms with Gasteiger partial charge in [0.15, 0.2) is 18.1 Å². The van der Waals surface area contributed by atoms with Crippen molar-refractivity contribution >= 4 is 23.1 Å². The van der Waals surface area contributed by atoms with Gasteiger partial charge < -0.3 is 23.4 Å². The van der Waals surface area contributed by atoms with Crippen LogP contribution in [0.4, 0.5) is 0 Å². The van der Waals surface area contributed by atoms with Gasteiger partial charge in [0.2, 0.25) is 5.75 Å². The smallest absolute Gasteiger partial charge is 0.336 e. The number of methoxy groups -OCH3 is 3. The zero-order valence-corrected chi connectivity index (χ0v) is 19.9. The first-order chi connectivity index (χ1) is 17.5. The third-order valence-corrected chi connectivity index (χ3v) is 5.26. The maximum absolute atomic E-state index is 12.2. The first-order valence-electron chi connectivity index (χ1n) is 10.9. The van der Waals surface area contributed by atoms with Crippen LogP contribution in [0.25, 0.3) is 22.1 Å². The van der Waals surface area contributed by atoms with Gasteiger partial charge >= 0.3 is 5.63 Å². The molecule has 0 saturated heterocycles. The van der Waals surface area contributed by atoms with Crippen molar-refractivity contribution in [2.45, 2.75) is 0 Å². The van der Waals surface area contributed by atoms with Crippen LogP contribution in [0.2, 0.25) is 0 Å². The number of ether oxygens (including phenoxy) is 4. The molecule has 0 atom stereocenters. The predicted octanol–water partition coefficient (Wildman–Crippen LogP) is 4.01. The second kappa shape index (κ2) is 11.1. The van der Waals surface area contributed by atoms with Crippen molar-refractivity contribution in [3.63, 3.8) is 0 Å². The second-order valence-electron chi connectivity index (χ2n) is 7.54. The van der Waals surface area contributed by atoms with Crippen molar-refractivity contribution in [2.75, 3.05) is 27.9 Å². The monoisotopic (exact) mass is 488 g/mol. The summed E-state index contributed by atoms with van der Waals surface area (Å²) in [7, 11) is 4.54. The van der Waals surface area contributed by atoms with Gasteiger partial charge in [-0.1, -0.05) is 30.3 Å². The molecule has 1 N–H and O–H groups in total. The maximum Gasteiger partial charge on any atom is 0.336 e. The molecular formula is C27H24N2O7. The number of rotatable bonds is 9. The lowest BCUT2D eigenvalue weighted by Gasteiger charge is -2.12. The summed E-state index contributed by atoms with van der Waals surface area (Å²) >= 11 is 0. The molecule has 0 saturated carbocycles. The van der Waals surface area contributed by atoms with Crippen molar-refractivity contribution in [1.29, 1.82) is 0 Å². The van der Waals surface area contributed by atoms with Crippen molar-refractivity contribution in [1.82, 2.24) is 5.43 Å². The van der Waals surface area contributed by atoms with Crippen LogP contribution < -0.4 is 30.0 Å². The molecule has 4 rings (SSSR count). The van der Waals surface area contributed by atoms with Gasteiger partial charge in [0.1, 0.15) is 11.3 Å². The summed E-state index contributed by atoms with van der Waals surface area (Å²) in [5.41, 5.74) is 4.57. The molecule has 4 aromatic rings. The number of nitrogens with one attached hydrogen (secondary N) is 1. The van der Waals surface area contributed by atoms with Gasteiger partial charge in [-0.15, -0.1) is 0 Å². The molecule has 0 unspecified atom stereocenters. The standard InChI is InChI=1S/C27H24N2O7/c1-32-23-11-17(12-24(33-2)27(23)34-3)15-28-29-25(30)16-35-19-9-10-20-21(18-7-5-4-6-8-18)14-26(31)36-22(20)13-19/h4-15H,16H2,1-3H3,(H,29,30)/b28-15+. The van der Waals surface area contributed by atoms with Crippen LogP contribution in [0.3, 0.4) is 0 Å². The van der Waals surface area contributed by atoms with Crippen LogP contribution in [0.15, 0.2) is 81.0 Å². The van der Waals surface area contributed by atoms with E-state index in [4.69, 9.17) is 23.4 Å². The highest BCUT2D eigenvalue weighted by Gasteiger charge is 2.13. The fourth-order valence-electron chi connectivity index (χ4n) is 3.63. The lowest BCUT2D eigenvalue weighted by atomic mass is 10.0. The van der Waals surface area contributed by atoms with E-state index < -0.39 is 11.5 Å². The molecule has 0 radical (unpaired) electrons. The Morgan fingerprint density at radius 1 is 0.944 bits per heavy atom. The molecule has 3 aromatic carbocycles. The van der Waals surface area contributed by atoms with E-state index in [1.165, 1.54) is 33.6 Å². The number of hydrogen-bond donors (Lipinski definition) is 1. The summed E-state index contributed by atoms with van der Waals surface area (Å²) in [6.07, 6.45) is 1.44. The first-order valence-corrected chi connectivity index (χ1v) is 10.9. The number of amides is 1. The van der Waals surface area contributed by atoms with E-state index in [-0.39, 0.29) is 6.61 Å². The van der Waals surface area contributed by atoms with Crippen LogP contribution in [-0.2, 0) is 4.79 Å². The van der Waals surface area contributed by atoms with E-state index in [9.17, 15) is 9.59 Å². The van der Waals surface area contributed by atoms with Gasteiger partial charge in [-0.05, 0) is 35.4 Å². The summed E-state index contributed by atoms with van der Waals surface area (Å²) in [6, 6.07) is 19.5. The lowest BCUT2D eigenvalue weighted by Crippen LogP contribution is -2.24. The average molecular weight is 488 g/mol. The Hall–Kier alpha value is -4.79. The minimum atomic E-state index is -0.475. The molecule has 1 heterocycles. The molecule has 9 nitrogen and oxygen atoms in total. The Balaban J connectivity index is 1.42. The van der Waals surface area contributed by atoms with E-state index in [1.54, 1.807) is 30.3 Å². The Labute approximate surface area is 206 Å². The van der Waals surface area contributed by atoms with E-state index >= 15 is 0 Å². The number of hydrogen-bond acceptors (Lipinski definition) is 8. The summed E-state index contributed by atoms with van der Waals surface area (Å²) in [5.74, 6) is 1.28. The van der Waals surface area contributed by atoms with E-state index in [0.717, 1.165) is 16.5 Å². The molecule has 0 aliphatic rings. The molecule has 0 aliphatic carbocycles. The number of nitrogens with zero attached hydrogens (tertiary/aromatic N) is 1. The third kappa shape index (κ3) is 5.47. The van der Waals surface area contributed by atoms with Gasteiger partial charge in [0, 0.05) is 23.1 Å². The Bertz CT molecular complexity index is 1440. The third-order valence-electron chi connectivity index (χ3n) is 5.26. The SMILES string of the molecule is COc1cc(/C=N/NC(=O)COc2ccc3c(-c4ccccc4)cc(=O)oc3c2)cc(OC)c1OC. The highest BCUT2D eigenvalue weighted by atomic mass is 16.5. The molecule has 36 heavy (non-hydrogen) atoms. The zero-order chi connectivity index (χ0) is 25.5. The molecule has 0 bridgehead atoms. The van der Waals surface area contributed by atoms with Crippen molar-refractivity contribution < 1.29 is 28.2 Å². The van der Waals surface area contributed by atoms with Crippen LogP contribution in [0, 0.1) is 0 Å². The lowest BCUT2D eigenvalue weighted by molar-refractivity contribution is -0.123. The van der Waals surface area contributed by atoms with Crippen molar-refractivity contribution in [3.05, 3.63) is 82.7 Å². The van der Waals surface area contributed by atoms with Crippen LogP contribution in [0.5, 0.6) is 23.0 Å². The van der Waals surface area contributed by atoms with Crippen molar-refractivity contribution in [2.24, 2.45) is 5.10 Å². The van der Waals surface area contributed by atoms with Gasteiger partial charge in [-0.2, -0.15) is 5.10 Å². The second-order valence-corrected chi connectivity index (χ2v) is 7.54. The van der Waals surface area contributed by atoms with Gasteiger partial charge in [-0.25, -0.2) is 10.2 Å². The fourth-order valence-corrected chi connectivity index (χ4v) is 3.63. The maximum atomic E-state index is 12.2. The highest BCUT2D eigenvalue weighted by Crippen LogP contribution is 2.37. The van der Waals surface area contributed by atoms with Gasteiger partial charge in [-0.3, -0.25) is 4.79 Å². The summed E-state index contributed by atoms with van der Waals surface area (Å²) in [5, 5.41) is 4.71. The number of hydrazone groups is 1. The minimum Gasteiger partial charge on any atom is -0.493 e. The van der Waals surface area contributed by atoms with E-state index in [2.05, 4.69) is 10.5 Å². The molecule has 184 valence electrons. The number of carbonyl (C=O) groups is 1. The fraction of sp³-hybridized carbons (Fsp3) is 0.148. The van der Waals surface area contributed by atoms with E-state index in [0.29, 0.717) is 34.1 Å². The molecule has 1 aromatic heterocycles. The number of benzene rings is 3. The average Bonchev–Trinajstić information content (AvgIpc) is 2.91. The number of carbonyl (C=O) groups excluding carboxylic acids is 1. The van der Waals surface area contributed by atoms with Crippen LogP contribution >= 0.6 is 0 Å². The summed E-state index contributed by atoms with van der Waals surface area (Å²) in [4.78, 5) is 24.3. The predicted molar refractivity (Wildman–Crippen MR) is 135 cm³/mol. The topological polar surface area (TPSA) is 109 Å². The van der Waals surface area contributed by atoms with Gasteiger partial charge in [0.25, 0.3) is 5.91 Å². The molecule has 9 heteroatoms. The van der Waals surface area contributed by atoms with Crippen LogP contribution in [0.1, 0.15) is 5.56 Å². The van der Waals surface area contributed by atoms with Gasteiger partial charge in [0.05, 0.1) is 27.5 Å². The zero-order valence-electron chi connectivity index (χ0n) is 19.9. The summed E-state index contributed by atoms with van der Waals surface area (Å²) in [6.45, 7) is -0.291. The first kappa shape index (κ1) is 24.3. The van der Waals surface area contributed by atoms with Crippen molar-refractivity contribution in [3.8, 4) is 34.1 Å². The molecule has 1 amide bonds. The quantitative estimate of drug-likeness (QED) is 0.215. The Morgan fingerprint density at radius 2 is 1.67 bits per heavy atom. The van der Waals surface area contributed by atoms with E-state index in [1.807, 2.05) is 30.3 Å². The molecular weight excluding hydrogens is 464 g/mol. The highest BCUT2D eigenvalue weighted by molar-refractivity contribution is 5.93. The molecule has 0 fully saturated rings. The van der Waals surface area contributed by atoms with Crippen LogP contribution in [-0.4, -0.2) is 40.1 Å². The Kier molecular flexibility index (Phi) is 7.50. The largest absolute Gasteiger partial charge is 0.493 e. The number of fused-ring (bicyclic) bond motifs is 1. The Morgan fingerprint density at radius 3 is 2.33 bits per heavy atom. The molecule has 0 spiro atoms. The summed E-state index contributed by atoms with van der Waals surface area (Å²) < 4.78 is 26.8.